The summed E-state index contributed by atoms with van der Waals surface area (Å²) in [4.78, 5) is 20.2. The predicted octanol–water partition coefficient (Wildman–Crippen LogP) is 2.32. The molecular weight excluding hydrogens is 328 g/mol. The van der Waals surface area contributed by atoms with Crippen LogP contribution in [0.25, 0.3) is 0 Å². The lowest BCUT2D eigenvalue weighted by Crippen LogP contribution is -2.50. The number of para-hydroxylation sites is 1. The Labute approximate surface area is 145 Å². The van der Waals surface area contributed by atoms with Crippen LogP contribution < -0.4 is 5.32 Å². The third kappa shape index (κ3) is 4.14. The molecule has 0 unspecified atom stereocenters. The van der Waals surface area contributed by atoms with Gasteiger partial charge in [0.05, 0.1) is 0 Å². The number of hydrogen-bond acceptors (Lipinski definition) is 3. The van der Waals surface area contributed by atoms with Gasteiger partial charge in [-0.1, -0.05) is 6.07 Å². The molecule has 0 saturated carbocycles. The van der Waals surface area contributed by atoms with Gasteiger partial charge in [-0.3, -0.25) is 4.90 Å². The van der Waals surface area contributed by atoms with Gasteiger partial charge in [0, 0.05) is 51.7 Å². The third-order valence-electron chi connectivity index (χ3n) is 4.43. The van der Waals surface area contributed by atoms with E-state index in [4.69, 9.17) is 0 Å². The number of carbonyl (C=O) groups is 1. The van der Waals surface area contributed by atoms with Gasteiger partial charge >= 0.3 is 6.03 Å². The van der Waals surface area contributed by atoms with E-state index in [1.807, 2.05) is 13.1 Å². The summed E-state index contributed by atoms with van der Waals surface area (Å²) in [5.41, 5.74) is -0.398. The number of aryl methyl sites for hydroxylation is 1. The Morgan fingerprint density at radius 3 is 2.44 bits per heavy atom. The normalized spacial score (nSPS) is 15.4. The van der Waals surface area contributed by atoms with E-state index in [9.17, 15) is 13.6 Å². The summed E-state index contributed by atoms with van der Waals surface area (Å²) in [6.45, 7) is 6.16. The molecule has 1 aromatic heterocycles. The summed E-state index contributed by atoms with van der Waals surface area (Å²) < 4.78 is 29.3. The fourth-order valence-corrected chi connectivity index (χ4v) is 2.87. The van der Waals surface area contributed by atoms with Crippen molar-refractivity contribution < 1.29 is 13.6 Å². The lowest BCUT2D eigenvalue weighted by Gasteiger charge is -2.34. The second-order valence-corrected chi connectivity index (χ2v) is 6.02. The maximum absolute atomic E-state index is 13.6. The van der Waals surface area contributed by atoms with Crippen LogP contribution in [-0.4, -0.2) is 58.1 Å². The third-order valence-corrected chi connectivity index (χ3v) is 4.43. The Balaban J connectivity index is 1.48. The number of hydrogen-bond donors (Lipinski definition) is 1. The molecule has 8 heteroatoms. The average molecular weight is 349 g/mol. The SMILES string of the molecule is Cc1nccn1CCN1CCN(C(=O)Nc2c(F)cccc2F)CC1. The summed E-state index contributed by atoms with van der Waals surface area (Å²) in [5.74, 6) is -0.574. The first-order valence-electron chi connectivity index (χ1n) is 8.24. The number of imidazole rings is 1. The smallest absolute Gasteiger partial charge is 0.322 e. The first-order valence-corrected chi connectivity index (χ1v) is 8.24. The van der Waals surface area contributed by atoms with E-state index in [2.05, 4.69) is 19.8 Å². The van der Waals surface area contributed by atoms with Crippen molar-refractivity contribution in [1.29, 1.82) is 0 Å². The molecule has 25 heavy (non-hydrogen) atoms. The predicted molar refractivity (Wildman–Crippen MR) is 90.4 cm³/mol. The van der Waals surface area contributed by atoms with Crippen LogP contribution in [0.5, 0.6) is 0 Å². The average Bonchev–Trinajstić information content (AvgIpc) is 3.02. The highest BCUT2D eigenvalue weighted by atomic mass is 19.1. The Morgan fingerprint density at radius 1 is 1.16 bits per heavy atom. The molecule has 0 spiro atoms. The number of nitrogens with zero attached hydrogens (tertiary/aromatic N) is 4. The number of rotatable bonds is 4. The molecule has 1 aliphatic rings. The minimum Gasteiger partial charge on any atom is -0.334 e. The number of benzene rings is 1. The van der Waals surface area contributed by atoms with Crippen molar-refractivity contribution in [2.75, 3.05) is 38.0 Å². The maximum Gasteiger partial charge on any atom is 0.322 e. The van der Waals surface area contributed by atoms with Gasteiger partial charge in [-0.2, -0.15) is 0 Å². The number of carbonyl (C=O) groups excluding carboxylic acids is 1. The van der Waals surface area contributed by atoms with Gasteiger partial charge in [0.2, 0.25) is 0 Å². The van der Waals surface area contributed by atoms with Gasteiger partial charge in [0.1, 0.15) is 23.1 Å². The lowest BCUT2D eigenvalue weighted by molar-refractivity contribution is 0.144. The highest BCUT2D eigenvalue weighted by molar-refractivity contribution is 5.89. The molecule has 1 aliphatic heterocycles. The number of amides is 2. The van der Waals surface area contributed by atoms with Gasteiger partial charge in [-0.15, -0.1) is 0 Å². The molecule has 0 radical (unpaired) electrons. The Bertz CT molecular complexity index is 720. The van der Waals surface area contributed by atoms with E-state index >= 15 is 0 Å². The topological polar surface area (TPSA) is 53.4 Å². The number of nitrogens with one attached hydrogen (secondary N) is 1. The minimum absolute atomic E-state index is 0.398. The molecule has 2 heterocycles. The number of piperazine rings is 1. The molecule has 2 aromatic rings. The van der Waals surface area contributed by atoms with E-state index in [1.54, 1.807) is 11.1 Å². The maximum atomic E-state index is 13.6. The fourth-order valence-electron chi connectivity index (χ4n) is 2.87. The molecule has 2 amide bonds. The molecule has 1 fully saturated rings. The van der Waals surface area contributed by atoms with Crippen molar-refractivity contribution in [2.45, 2.75) is 13.5 Å². The molecule has 6 nitrogen and oxygen atoms in total. The van der Waals surface area contributed by atoms with Crippen molar-refractivity contribution in [1.82, 2.24) is 19.4 Å². The summed E-state index contributed by atoms with van der Waals surface area (Å²) in [6.07, 6.45) is 3.72. The monoisotopic (exact) mass is 349 g/mol. The number of anilines is 1. The second-order valence-electron chi connectivity index (χ2n) is 6.02. The summed E-state index contributed by atoms with van der Waals surface area (Å²) >= 11 is 0. The molecule has 1 aromatic carbocycles. The Morgan fingerprint density at radius 2 is 1.84 bits per heavy atom. The molecule has 0 aliphatic carbocycles. The zero-order chi connectivity index (χ0) is 17.8. The first-order chi connectivity index (χ1) is 12.0. The largest absolute Gasteiger partial charge is 0.334 e. The molecule has 1 N–H and O–H groups in total. The van der Waals surface area contributed by atoms with Crippen LogP contribution in [0.4, 0.5) is 19.3 Å². The van der Waals surface area contributed by atoms with Crippen LogP contribution in [0.2, 0.25) is 0 Å². The Hall–Kier alpha value is -2.48. The van der Waals surface area contributed by atoms with Crippen LogP contribution >= 0.6 is 0 Å². The van der Waals surface area contributed by atoms with Crippen molar-refractivity contribution in [3.8, 4) is 0 Å². The van der Waals surface area contributed by atoms with Crippen molar-refractivity contribution in [3.63, 3.8) is 0 Å². The molecule has 0 bridgehead atoms. The van der Waals surface area contributed by atoms with Crippen LogP contribution in [0.15, 0.2) is 30.6 Å². The van der Waals surface area contributed by atoms with E-state index in [0.717, 1.165) is 44.1 Å². The van der Waals surface area contributed by atoms with Gasteiger partial charge in [0.25, 0.3) is 0 Å². The number of halogens is 2. The van der Waals surface area contributed by atoms with Crippen molar-refractivity contribution >= 4 is 11.7 Å². The first kappa shape index (κ1) is 17.3. The van der Waals surface area contributed by atoms with Gasteiger partial charge < -0.3 is 14.8 Å². The lowest BCUT2D eigenvalue weighted by atomic mass is 10.3. The second kappa shape index (κ2) is 7.60. The summed E-state index contributed by atoms with van der Waals surface area (Å²) in [7, 11) is 0. The summed E-state index contributed by atoms with van der Waals surface area (Å²) in [6, 6.07) is 3.03. The minimum atomic E-state index is -0.775. The molecule has 134 valence electrons. The van der Waals surface area contributed by atoms with E-state index in [0.29, 0.717) is 13.1 Å². The van der Waals surface area contributed by atoms with Crippen molar-refractivity contribution in [2.24, 2.45) is 0 Å². The molecule has 3 rings (SSSR count). The fraction of sp³-hybridized carbons (Fsp3) is 0.412. The van der Waals surface area contributed by atoms with E-state index in [-0.39, 0.29) is 0 Å². The zero-order valence-corrected chi connectivity index (χ0v) is 14.1. The van der Waals surface area contributed by atoms with E-state index in [1.165, 1.54) is 6.07 Å². The van der Waals surface area contributed by atoms with Gasteiger partial charge in [-0.25, -0.2) is 18.6 Å². The van der Waals surface area contributed by atoms with Crippen LogP contribution in [0.3, 0.4) is 0 Å². The number of urea groups is 1. The van der Waals surface area contributed by atoms with Gasteiger partial charge in [-0.05, 0) is 19.1 Å². The Kier molecular flexibility index (Phi) is 5.28. The number of aromatic nitrogens is 2. The summed E-state index contributed by atoms with van der Waals surface area (Å²) in [5, 5.41) is 2.33. The van der Waals surface area contributed by atoms with Crippen LogP contribution in [0.1, 0.15) is 5.82 Å². The zero-order valence-electron chi connectivity index (χ0n) is 14.1. The van der Waals surface area contributed by atoms with Gasteiger partial charge in [0.15, 0.2) is 0 Å². The standard InChI is InChI=1S/C17H21F2N5O/c1-13-20-5-6-23(13)10-7-22-8-11-24(12-9-22)17(25)21-16-14(18)3-2-4-15(16)19/h2-6H,7-12H2,1H3,(H,21,25). The highest BCUT2D eigenvalue weighted by Crippen LogP contribution is 2.18. The van der Waals surface area contributed by atoms with Crippen molar-refractivity contribution in [3.05, 3.63) is 48.1 Å². The molecular formula is C17H21F2N5O. The van der Waals surface area contributed by atoms with Crippen LogP contribution in [-0.2, 0) is 6.54 Å². The quantitative estimate of drug-likeness (QED) is 0.922. The van der Waals surface area contributed by atoms with E-state index < -0.39 is 23.4 Å². The molecule has 0 atom stereocenters. The molecule has 1 saturated heterocycles. The highest BCUT2D eigenvalue weighted by Gasteiger charge is 2.22. The van der Waals surface area contributed by atoms with Crippen LogP contribution in [0, 0.1) is 18.6 Å².